The highest BCUT2D eigenvalue weighted by Crippen LogP contribution is 2.16. The summed E-state index contributed by atoms with van der Waals surface area (Å²) in [5, 5.41) is 10.9. The molecule has 6 heteroatoms. The maximum absolute atomic E-state index is 12.9. The molecule has 0 fully saturated rings. The van der Waals surface area contributed by atoms with E-state index in [1.54, 1.807) is 12.1 Å². The summed E-state index contributed by atoms with van der Waals surface area (Å²) in [6.45, 7) is 4.27. The number of halogens is 1. The van der Waals surface area contributed by atoms with Crippen LogP contribution in [0.3, 0.4) is 0 Å². The molecule has 5 nitrogen and oxygen atoms in total. The van der Waals surface area contributed by atoms with E-state index in [-0.39, 0.29) is 17.3 Å². The summed E-state index contributed by atoms with van der Waals surface area (Å²) in [6, 6.07) is 13.9. The second-order valence-corrected chi connectivity index (χ2v) is 6.15. The van der Waals surface area contributed by atoms with Crippen LogP contribution in [-0.4, -0.2) is 15.2 Å². The number of hydrogen-bond acceptors (Lipinski definition) is 4. The minimum absolute atomic E-state index is 0.218. The molecule has 0 aliphatic carbocycles. The van der Waals surface area contributed by atoms with Crippen LogP contribution >= 0.6 is 0 Å². The SMILES string of the molecule is CC(C)c1ccc(Cc2nnc(Nc3ccc(F)cc3)[nH]c2=O)cc1. The topological polar surface area (TPSA) is 70.7 Å². The van der Waals surface area contributed by atoms with Gasteiger partial charge in [0.2, 0.25) is 5.95 Å². The summed E-state index contributed by atoms with van der Waals surface area (Å²) in [4.78, 5) is 14.9. The van der Waals surface area contributed by atoms with Crippen LogP contribution in [0.1, 0.15) is 36.6 Å². The molecule has 128 valence electrons. The van der Waals surface area contributed by atoms with Crippen molar-refractivity contribution in [3.8, 4) is 0 Å². The first-order valence-electron chi connectivity index (χ1n) is 8.08. The van der Waals surface area contributed by atoms with Gasteiger partial charge in [-0.2, -0.15) is 0 Å². The van der Waals surface area contributed by atoms with Gasteiger partial charge in [-0.15, -0.1) is 10.2 Å². The van der Waals surface area contributed by atoms with E-state index in [0.29, 0.717) is 23.7 Å². The molecule has 3 rings (SSSR count). The molecular formula is C19H19FN4O. The third kappa shape index (κ3) is 4.29. The van der Waals surface area contributed by atoms with E-state index in [1.165, 1.54) is 17.7 Å². The molecule has 0 saturated carbocycles. The second-order valence-electron chi connectivity index (χ2n) is 6.15. The first kappa shape index (κ1) is 16.8. The third-order valence-corrected chi connectivity index (χ3v) is 3.89. The molecule has 0 unspecified atom stereocenters. The van der Waals surface area contributed by atoms with Gasteiger partial charge in [-0.1, -0.05) is 38.1 Å². The molecule has 2 aromatic carbocycles. The minimum Gasteiger partial charge on any atom is -0.324 e. The van der Waals surface area contributed by atoms with E-state index in [2.05, 4.69) is 46.5 Å². The Balaban J connectivity index is 1.73. The molecule has 1 aromatic heterocycles. The zero-order chi connectivity index (χ0) is 17.8. The van der Waals surface area contributed by atoms with Crippen molar-refractivity contribution < 1.29 is 4.39 Å². The fourth-order valence-electron chi connectivity index (χ4n) is 2.42. The fourth-order valence-corrected chi connectivity index (χ4v) is 2.42. The normalized spacial score (nSPS) is 10.9. The highest BCUT2D eigenvalue weighted by atomic mass is 19.1. The lowest BCUT2D eigenvalue weighted by molar-refractivity contribution is 0.628. The van der Waals surface area contributed by atoms with Crippen molar-refractivity contribution in [2.45, 2.75) is 26.2 Å². The Morgan fingerprint density at radius 2 is 1.72 bits per heavy atom. The Hall–Kier alpha value is -3.02. The van der Waals surface area contributed by atoms with Crippen LogP contribution in [0.25, 0.3) is 0 Å². The highest BCUT2D eigenvalue weighted by molar-refractivity contribution is 5.52. The molecule has 0 aliphatic heterocycles. The maximum atomic E-state index is 12.9. The first-order chi connectivity index (χ1) is 12.0. The van der Waals surface area contributed by atoms with Crippen LogP contribution in [0.5, 0.6) is 0 Å². The van der Waals surface area contributed by atoms with Crippen LogP contribution in [0.2, 0.25) is 0 Å². The summed E-state index contributed by atoms with van der Waals surface area (Å²) in [5.41, 5.74) is 2.92. The predicted octanol–water partition coefficient (Wildman–Crippen LogP) is 3.76. The van der Waals surface area contributed by atoms with Gasteiger partial charge in [-0.05, 0) is 41.3 Å². The van der Waals surface area contributed by atoms with Gasteiger partial charge in [0.1, 0.15) is 11.5 Å². The number of rotatable bonds is 5. The van der Waals surface area contributed by atoms with Crippen LogP contribution in [0.15, 0.2) is 53.3 Å². The van der Waals surface area contributed by atoms with Crippen molar-refractivity contribution in [1.29, 1.82) is 0 Å². The number of nitrogens with zero attached hydrogens (tertiary/aromatic N) is 2. The second kappa shape index (κ2) is 7.25. The number of aromatic amines is 1. The lowest BCUT2D eigenvalue weighted by atomic mass is 10.0. The van der Waals surface area contributed by atoms with Gasteiger partial charge >= 0.3 is 0 Å². The largest absolute Gasteiger partial charge is 0.324 e. The molecule has 2 N–H and O–H groups in total. The molecule has 0 spiro atoms. The molecule has 0 amide bonds. The number of anilines is 2. The molecule has 0 saturated heterocycles. The molecule has 0 radical (unpaired) electrons. The van der Waals surface area contributed by atoms with E-state index >= 15 is 0 Å². The lowest BCUT2D eigenvalue weighted by Crippen LogP contribution is -2.18. The summed E-state index contributed by atoms with van der Waals surface area (Å²) in [7, 11) is 0. The van der Waals surface area contributed by atoms with E-state index in [0.717, 1.165) is 5.56 Å². The first-order valence-corrected chi connectivity index (χ1v) is 8.08. The average molecular weight is 338 g/mol. The van der Waals surface area contributed by atoms with Crippen LogP contribution in [0, 0.1) is 5.82 Å². The Kier molecular flexibility index (Phi) is 4.88. The van der Waals surface area contributed by atoms with Gasteiger partial charge in [0.15, 0.2) is 0 Å². The van der Waals surface area contributed by atoms with Crippen LogP contribution < -0.4 is 10.9 Å². The third-order valence-electron chi connectivity index (χ3n) is 3.89. The van der Waals surface area contributed by atoms with E-state index in [1.807, 2.05) is 12.1 Å². The Morgan fingerprint density at radius 1 is 1.04 bits per heavy atom. The average Bonchev–Trinajstić information content (AvgIpc) is 2.60. The summed E-state index contributed by atoms with van der Waals surface area (Å²) in [5.74, 6) is 0.355. The van der Waals surface area contributed by atoms with Crippen LogP contribution in [0.4, 0.5) is 16.0 Å². The summed E-state index contributed by atoms with van der Waals surface area (Å²) < 4.78 is 12.9. The van der Waals surface area contributed by atoms with Crippen molar-refractivity contribution in [3.63, 3.8) is 0 Å². The predicted molar refractivity (Wildman–Crippen MR) is 95.7 cm³/mol. The molecule has 25 heavy (non-hydrogen) atoms. The maximum Gasteiger partial charge on any atom is 0.274 e. The zero-order valence-electron chi connectivity index (χ0n) is 14.1. The van der Waals surface area contributed by atoms with Gasteiger partial charge in [0.05, 0.1) is 0 Å². The fraction of sp³-hybridized carbons (Fsp3) is 0.211. The van der Waals surface area contributed by atoms with E-state index < -0.39 is 0 Å². The van der Waals surface area contributed by atoms with Crippen molar-refractivity contribution in [2.24, 2.45) is 0 Å². The Morgan fingerprint density at radius 3 is 2.32 bits per heavy atom. The Bertz CT molecular complexity index is 902. The van der Waals surface area contributed by atoms with Gasteiger partial charge in [0, 0.05) is 12.1 Å². The number of hydrogen-bond donors (Lipinski definition) is 2. The van der Waals surface area contributed by atoms with Gasteiger partial charge < -0.3 is 5.32 Å². The molecule has 0 atom stereocenters. The van der Waals surface area contributed by atoms with E-state index in [4.69, 9.17) is 0 Å². The van der Waals surface area contributed by atoms with Crippen molar-refractivity contribution in [1.82, 2.24) is 15.2 Å². The van der Waals surface area contributed by atoms with Gasteiger partial charge in [-0.3, -0.25) is 9.78 Å². The Labute approximate surface area is 145 Å². The number of nitrogens with one attached hydrogen (secondary N) is 2. The zero-order valence-corrected chi connectivity index (χ0v) is 14.1. The molecule has 0 bridgehead atoms. The molecule has 3 aromatic rings. The summed E-state index contributed by atoms with van der Waals surface area (Å²) >= 11 is 0. The van der Waals surface area contributed by atoms with Gasteiger partial charge in [-0.25, -0.2) is 4.39 Å². The number of H-pyrrole nitrogens is 1. The standard InChI is InChI=1S/C19H19FN4O/c1-12(2)14-5-3-13(4-6-14)11-17-18(25)22-19(24-23-17)21-16-9-7-15(20)8-10-16/h3-10,12H,11H2,1-2H3,(H2,21,22,24,25). The number of benzene rings is 2. The van der Waals surface area contributed by atoms with Gasteiger partial charge in [0.25, 0.3) is 5.56 Å². The monoisotopic (exact) mass is 338 g/mol. The molecular weight excluding hydrogens is 319 g/mol. The molecule has 1 heterocycles. The number of aromatic nitrogens is 3. The quantitative estimate of drug-likeness (QED) is 0.743. The highest BCUT2D eigenvalue weighted by Gasteiger charge is 2.07. The molecule has 0 aliphatic rings. The van der Waals surface area contributed by atoms with Crippen molar-refractivity contribution in [2.75, 3.05) is 5.32 Å². The van der Waals surface area contributed by atoms with Crippen LogP contribution in [-0.2, 0) is 6.42 Å². The minimum atomic E-state index is -0.330. The van der Waals surface area contributed by atoms with Crippen molar-refractivity contribution in [3.05, 3.63) is 81.5 Å². The smallest absolute Gasteiger partial charge is 0.274 e. The summed E-state index contributed by atoms with van der Waals surface area (Å²) in [6.07, 6.45) is 0.414. The lowest BCUT2D eigenvalue weighted by Gasteiger charge is -2.07. The van der Waals surface area contributed by atoms with Crippen molar-refractivity contribution >= 4 is 11.6 Å². The van der Waals surface area contributed by atoms with E-state index in [9.17, 15) is 9.18 Å².